The zero-order chi connectivity index (χ0) is 15.5. The van der Waals surface area contributed by atoms with E-state index in [9.17, 15) is 0 Å². The summed E-state index contributed by atoms with van der Waals surface area (Å²) in [4.78, 5) is 0. The van der Waals surface area contributed by atoms with Gasteiger partial charge in [-0.15, -0.1) is 0 Å². The first-order chi connectivity index (χ1) is 9.92. The van der Waals surface area contributed by atoms with Crippen molar-refractivity contribution in [3.8, 4) is 0 Å². The quantitative estimate of drug-likeness (QED) is 0.765. The first kappa shape index (κ1) is 17.3. The van der Waals surface area contributed by atoms with Crippen LogP contribution < -0.4 is 11.1 Å². The van der Waals surface area contributed by atoms with E-state index in [1.54, 1.807) is 0 Å². The summed E-state index contributed by atoms with van der Waals surface area (Å²) in [5, 5.41) is 3.93. The predicted octanol–water partition coefficient (Wildman–Crippen LogP) is 4.34. The molecule has 2 saturated carbocycles. The minimum atomic E-state index is 0.232. The maximum Gasteiger partial charge on any atom is 0.0304 e. The Balaban J connectivity index is 1.90. The van der Waals surface area contributed by atoms with Gasteiger partial charge in [-0.2, -0.15) is 0 Å². The highest BCUT2D eigenvalue weighted by Gasteiger charge is 2.43. The van der Waals surface area contributed by atoms with Gasteiger partial charge in [-0.3, -0.25) is 0 Å². The fraction of sp³-hybridized carbons (Fsp3) is 1.00. The van der Waals surface area contributed by atoms with Crippen molar-refractivity contribution in [2.75, 3.05) is 13.1 Å². The average Bonchev–Trinajstić information content (AvgIpc) is 2.90. The predicted molar refractivity (Wildman–Crippen MR) is 92.3 cm³/mol. The highest BCUT2D eigenvalue weighted by molar-refractivity contribution is 5.00. The van der Waals surface area contributed by atoms with Crippen LogP contribution in [0.15, 0.2) is 0 Å². The van der Waals surface area contributed by atoms with Crippen molar-refractivity contribution in [1.82, 2.24) is 5.32 Å². The number of nitrogens with one attached hydrogen (secondary N) is 1. The zero-order valence-electron chi connectivity index (χ0n) is 14.9. The Bertz CT molecular complexity index is 298. The molecule has 0 aromatic heterocycles. The second kappa shape index (κ2) is 7.00. The van der Waals surface area contributed by atoms with Crippen LogP contribution in [-0.4, -0.2) is 18.6 Å². The van der Waals surface area contributed by atoms with Crippen LogP contribution in [0.2, 0.25) is 0 Å². The molecule has 0 saturated heterocycles. The Kier molecular flexibility index (Phi) is 5.76. The van der Waals surface area contributed by atoms with E-state index in [-0.39, 0.29) is 5.54 Å². The first-order valence-electron chi connectivity index (χ1n) is 9.37. The van der Waals surface area contributed by atoms with E-state index < -0.39 is 0 Å². The van der Waals surface area contributed by atoms with Gasteiger partial charge >= 0.3 is 0 Å². The van der Waals surface area contributed by atoms with E-state index >= 15 is 0 Å². The molecule has 124 valence electrons. The summed E-state index contributed by atoms with van der Waals surface area (Å²) in [6.07, 6.45) is 11.3. The average molecular weight is 295 g/mol. The fourth-order valence-electron chi connectivity index (χ4n) is 4.91. The smallest absolute Gasteiger partial charge is 0.0304 e. The topological polar surface area (TPSA) is 38.0 Å². The van der Waals surface area contributed by atoms with Gasteiger partial charge in [-0.1, -0.05) is 40.5 Å². The summed E-state index contributed by atoms with van der Waals surface area (Å²) in [6.45, 7) is 11.4. The van der Waals surface area contributed by atoms with Crippen molar-refractivity contribution in [2.45, 2.75) is 84.6 Å². The van der Waals surface area contributed by atoms with E-state index in [1.165, 1.54) is 51.4 Å². The van der Waals surface area contributed by atoms with Crippen molar-refractivity contribution in [1.29, 1.82) is 0 Å². The molecule has 0 heterocycles. The highest BCUT2D eigenvalue weighted by atomic mass is 15.0. The van der Waals surface area contributed by atoms with Crippen LogP contribution in [0.1, 0.15) is 79.1 Å². The minimum absolute atomic E-state index is 0.232. The molecular formula is C19H38N2. The molecule has 2 aliphatic carbocycles. The summed E-state index contributed by atoms with van der Waals surface area (Å²) >= 11 is 0. The van der Waals surface area contributed by atoms with E-state index in [2.05, 4.69) is 33.0 Å². The fourth-order valence-corrected chi connectivity index (χ4v) is 4.91. The van der Waals surface area contributed by atoms with Gasteiger partial charge < -0.3 is 11.1 Å². The van der Waals surface area contributed by atoms with E-state index in [1.807, 2.05) is 0 Å². The third-order valence-corrected chi connectivity index (χ3v) is 6.75. The molecule has 21 heavy (non-hydrogen) atoms. The second-order valence-electron chi connectivity index (χ2n) is 8.72. The molecule has 2 rings (SSSR count). The molecule has 2 heteroatoms. The molecule has 2 nitrogen and oxygen atoms in total. The molecule has 3 N–H and O–H groups in total. The van der Waals surface area contributed by atoms with Gasteiger partial charge in [0, 0.05) is 12.1 Å². The van der Waals surface area contributed by atoms with Crippen LogP contribution in [-0.2, 0) is 0 Å². The van der Waals surface area contributed by atoms with Crippen molar-refractivity contribution < 1.29 is 0 Å². The first-order valence-corrected chi connectivity index (χ1v) is 9.37. The lowest BCUT2D eigenvalue weighted by Crippen LogP contribution is -2.56. The molecule has 0 amide bonds. The molecule has 0 bridgehead atoms. The van der Waals surface area contributed by atoms with Crippen molar-refractivity contribution in [3.63, 3.8) is 0 Å². The van der Waals surface area contributed by atoms with Gasteiger partial charge in [0.2, 0.25) is 0 Å². The number of hydrogen-bond acceptors (Lipinski definition) is 2. The van der Waals surface area contributed by atoms with E-state index in [0.717, 1.165) is 30.8 Å². The third kappa shape index (κ3) is 4.01. The van der Waals surface area contributed by atoms with Gasteiger partial charge in [0.05, 0.1) is 0 Å². The Morgan fingerprint density at radius 2 is 1.38 bits per heavy atom. The van der Waals surface area contributed by atoms with Gasteiger partial charge in [0.1, 0.15) is 0 Å². The van der Waals surface area contributed by atoms with Gasteiger partial charge in [-0.05, 0) is 68.2 Å². The summed E-state index contributed by atoms with van der Waals surface area (Å²) in [5.74, 6) is 2.25. The van der Waals surface area contributed by atoms with Gasteiger partial charge in [-0.25, -0.2) is 0 Å². The maximum atomic E-state index is 6.20. The molecular weight excluding hydrogens is 256 g/mol. The molecule has 0 aromatic rings. The van der Waals surface area contributed by atoms with Crippen LogP contribution >= 0.6 is 0 Å². The molecule has 0 unspecified atom stereocenters. The van der Waals surface area contributed by atoms with Crippen molar-refractivity contribution in [3.05, 3.63) is 0 Å². The lowest BCUT2D eigenvalue weighted by molar-refractivity contribution is 0.105. The largest absolute Gasteiger partial charge is 0.329 e. The van der Waals surface area contributed by atoms with Crippen molar-refractivity contribution in [2.24, 2.45) is 28.9 Å². The molecule has 2 fully saturated rings. The van der Waals surface area contributed by atoms with Crippen LogP contribution in [0, 0.1) is 23.2 Å². The molecule has 0 radical (unpaired) electrons. The van der Waals surface area contributed by atoms with Crippen LogP contribution in [0.5, 0.6) is 0 Å². The number of nitrogens with two attached hydrogens (primary N) is 1. The summed E-state index contributed by atoms with van der Waals surface area (Å²) < 4.78 is 0. The number of rotatable bonds is 6. The molecule has 1 spiro atoms. The minimum Gasteiger partial charge on any atom is -0.329 e. The molecule has 0 aromatic carbocycles. The lowest BCUT2D eigenvalue weighted by Gasteiger charge is -2.46. The van der Waals surface area contributed by atoms with Crippen molar-refractivity contribution >= 4 is 0 Å². The Labute approximate surface area is 132 Å². The standard InChI is InChI=1S/C19H38N2/c1-15(2)17(16(3)4)13-21-19(14-20)11-9-18(10-12-19)7-5-6-8-18/h15-17,21H,5-14,20H2,1-4H3. The van der Waals surface area contributed by atoms with Gasteiger partial charge in [0.25, 0.3) is 0 Å². The SMILES string of the molecule is CC(C)C(CNC1(CN)CCC2(CCCC2)CC1)C(C)C. The maximum absolute atomic E-state index is 6.20. The normalized spacial score (nSPS) is 24.6. The lowest BCUT2D eigenvalue weighted by atomic mass is 9.66. The summed E-state index contributed by atoms with van der Waals surface area (Å²) in [7, 11) is 0. The second-order valence-corrected chi connectivity index (χ2v) is 8.72. The highest BCUT2D eigenvalue weighted by Crippen LogP contribution is 2.51. The third-order valence-electron chi connectivity index (χ3n) is 6.75. The molecule has 2 aliphatic rings. The molecule has 0 aliphatic heterocycles. The van der Waals surface area contributed by atoms with Gasteiger partial charge in [0.15, 0.2) is 0 Å². The summed E-state index contributed by atoms with van der Waals surface area (Å²) in [5.41, 5.74) is 7.14. The van der Waals surface area contributed by atoms with Crippen LogP contribution in [0.3, 0.4) is 0 Å². The summed E-state index contributed by atoms with van der Waals surface area (Å²) in [6, 6.07) is 0. The monoisotopic (exact) mass is 294 g/mol. The Morgan fingerprint density at radius 3 is 1.81 bits per heavy atom. The van der Waals surface area contributed by atoms with E-state index in [4.69, 9.17) is 5.73 Å². The van der Waals surface area contributed by atoms with Crippen LogP contribution in [0.4, 0.5) is 0 Å². The van der Waals surface area contributed by atoms with Crippen LogP contribution in [0.25, 0.3) is 0 Å². The van der Waals surface area contributed by atoms with E-state index in [0.29, 0.717) is 5.41 Å². The number of hydrogen-bond donors (Lipinski definition) is 2. The Hall–Kier alpha value is -0.0800. The zero-order valence-corrected chi connectivity index (χ0v) is 14.9. The Morgan fingerprint density at radius 1 is 0.857 bits per heavy atom. The molecule has 0 atom stereocenters.